The number of aryl methyl sites for hydroxylation is 2. The zero-order valence-electron chi connectivity index (χ0n) is 14.9. The Kier molecular flexibility index (Phi) is 5.14. The van der Waals surface area contributed by atoms with Crippen LogP contribution in [0, 0.1) is 6.92 Å². The number of anilines is 1. The first-order chi connectivity index (χ1) is 10.8. The fraction of sp³-hybridized carbons (Fsp3) is 0.421. The second-order valence-corrected chi connectivity index (χ2v) is 6.82. The smallest absolute Gasteiger partial charge is 0.243 e. The molecule has 0 bridgehead atoms. The molecule has 2 rings (SSSR count). The number of nitrogens with one attached hydrogen (secondary N) is 1. The van der Waals surface area contributed by atoms with E-state index in [1.165, 1.54) is 5.56 Å². The molecular formula is C19H26N4. The molecule has 1 N–H and O–H groups in total. The molecule has 122 valence electrons. The molecule has 4 nitrogen and oxygen atoms in total. The Balaban J connectivity index is 2.22. The van der Waals surface area contributed by atoms with Crippen molar-refractivity contribution in [1.29, 1.82) is 0 Å². The van der Waals surface area contributed by atoms with E-state index in [4.69, 9.17) is 0 Å². The molecule has 0 saturated carbocycles. The summed E-state index contributed by atoms with van der Waals surface area (Å²) in [5.41, 5.74) is 8.39. The molecule has 0 spiro atoms. The third-order valence-electron chi connectivity index (χ3n) is 3.74. The number of rotatable bonds is 4. The van der Waals surface area contributed by atoms with Crippen LogP contribution in [0.5, 0.6) is 0 Å². The normalized spacial score (nSPS) is 12.3. The Hall–Kier alpha value is -2.23. The van der Waals surface area contributed by atoms with Crippen molar-refractivity contribution >= 4 is 11.7 Å². The van der Waals surface area contributed by atoms with Gasteiger partial charge in [-0.05, 0) is 48.9 Å². The zero-order chi connectivity index (χ0) is 17.0. The lowest BCUT2D eigenvalue weighted by molar-refractivity contribution is 0.590. The number of aromatic nitrogens is 2. The van der Waals surface area contributed by atoms with Gasteiger partial charge in [-0.3, -0.25) is 0 Å². The van der Waals surface area contributed by atoms with Gasteiger partial charge in [-0.15, -0.1) is 0 Å². The average Bonchev–Trinajstić information content (AvgIpc) is 2.51. The van der Waals surface area contributed by atoms with Crippen LogP contribution in [0.15, 0.2) is 35.4 Å². The first-order valence-electron chi connectivity index (χ1n) is 8.05. The van der Waals surface area contributed by atoms with Gasteiger partial charge in [-0.1, -0.05) is 45.9 Å². The fourth-order valence-corrected chi connectivity index (χ4v) is 2.27. The van der Waals surface area contributed by atoms with Gasteiger partial charge in [-0.25, -0.2) is 15.4 Å². The summed E-state index contributed by atoms with van der Waals surface area (Å²) in [6, 6.07) is 10.5. The van der Waals surface area contributed by atoms with Crippen LogP contribution in [-0.4, -0.2) is 15.7 Å². The number of nitrogens with zero attached hydrogens (tertiary/aromatic N) is 3. The number of hydrogen-bond acceptors (Lipinski definition) is 4. The lowest BCUT2D eigenvalue weighted by Gasteiger charge is -2.19. The molecule has 23 heavy (non-hydrogen) atoms. The summed E-state index contributed by atoms with van der Waals surface area (Å²) >= 11 is 0. The highest BCUT2D eigenvalue weighted by Crippen LogP contribution is 2.23. The largest absolute Gasteiger partial charge is 0.245 e. The van der Waals surface area contributed by atoms with E-state index in [-0.39, 0.29) is 5.41 Å². The molecule has 0 unspecified atom stereocenters. The Labute approximate surface area is 139 Å². The van der Waals surface area contributed by atoms with E-state index in [9.17, 15) is 0 Å². The van der Waals surface area contributed by atoms with Gasteiger partial charge >= 0.3 is 0 Å². The van der Waals surface area contributed by atoms with Crippen LogP contribution in [0.4, 0.5) is 5.95 Å². The van der Waals surface area contributed by atoms with Crippen molar-refractivity contribution in [3.8, 4) is 0 Å². The third kappa shape index (κ3) is 4.62. The van der Waals surface area contributed by atoms with Gasteiger partial charge in [0.15, 0.2) is 0 Å². The first kappa shape index (κ1) is 17.1. The highest BCUT2D eigenvalue weighted by molar-refractivity contribution is 5.99. The van der Waals surface area contributed by atoms with E-state index in [0.717, 1.165) is 29.1 Å². The van der Waals surface area contributed by atoms with Gasteiger partial charge in [0.2, 0.25) is 5.95 Å². The molecule has 2 aromatic rings. The molecule has 0 aliphatic heterocycles. The molecule has 0 fully saturated rings. The third-order valence-corrected chi connectivity index (χ3v) is 3.74. The van der Waals surface area contributed by atoms with E-state index in [2.05, 4.69) is 72.5 Å². The standard InChI is InChI=1S/C19H26N4/c1-7-17-11-13(2)20-18(21-17)23-22-14(3)15-9-8-10-16(12-15)19(4,5)6/h8-12H,7H2,1-6H3,(H,20,21,23). The molecule has 0 radical (unpaired) electrons. The van der Waals surface area contributed by atoms with Crippen LogP contribution in [0.3, 0.4) is 0 Å². The molecule has 0 saturated heterocycles. The first-order valence-corrected chi connectivity index (χ1v) is 8.05. The monoisotopic (exact) mass is 310 g/mol. The van der Waals surface area contributed by atoms with Crippen molar-refractivity contribution < 1.29 is 0 Å². The molecule has 0 amide bonds. The highest BCUT2D eigenvalue weighted by atomic mass is 15.4. The minimum Gasteiger partial charge on any atom is -0.245 e. The van der Waals surface area contributed by atoms with Gasteiger partial charge in [0, 0.05) is 11.4 Å². The minimum atomic E-state index is 0.124. The molecule has 0 aliphatic carbocycles. The van der Waals surface area contributed by atoms with Crippen molar-refractivity contribution in [3.63, 3.8) is 0 Å². The average molecular weight is 310 g/mol. The fourth-order valence-electron chi connectivity index (χ4n) is 2.27. The molecule has 0 atom stereocenters. The topological polar surface area (TPSA) is 50.2 Å². The summed E-state index contributed by atoms with van der Waals surface area (Å²) in [5.74, 6) is 0.549. The zero-order valence-corrected chi connectivity index (χ0v) is 14.9. The Morgan fingerprint density at radius 3 is 2.57 bits per heavy atom. The van der Waals surface area contributed by atoms with Gasteiger partial charge in [-0.2, -0.15) is 5.10 Å². The lowest BCUT2D eigenvalue weighted by atomic mass is 9.86. The minimum absolute atomic E-state index is 0.124. The maximum atomic E-state index is 4.45. The summed E-state index contributed by atoms with van der Waals surface area (Å²) in [5, 5.41) is 4.45. The lowest BCUT2D eigenvalue weighted by Crippen LogP contribution is -2.12. The maximum Gasteiger partial charge on any atom is 0.243 e. The molecule has 1 aromatic heterocycles. The van der Waals surface area contributed by atoms with E-state index in [1.807, 2.05) is 19.9 Å². The number of hydrazone groups is 1. The van der Waals surface area contributed by atoms with Crippen molar-refractivity contribution in [1.82, 2.24) is 9.97 Å². The number of hydrogen-bond donors (Lipinski definition) is 1. The highest BCUT2D eigenvalue weighted by Gasteiger charge is 2.14. The van der Waals surface area contributed by atoms with E-state index in [1.54, 1.807) is 0 Å². The molecule has 1 heterocycles. The number of benzene rings is 1. The van der Waals surface area contributed by atoms with Crippen molar-refractivity contribution in [2.45, 2.75) is 53.4 Å². The summed E-state index contributed by atoms with van der Waals surface area (Å²) < 4.78 is 0. The van der Waals surface area contributed by atoms with Crippen LogP contribution in [0.1, 0.15) is 57.1 Å². The van der Waals surface area contributed by atoms with Crippen molar-refractivity contribution in [3.05, 3.63) is 52.8 Å². The Morgan fingerprint density at radius 2 is 1.91 bits per heavy atom. The van der Waals surface area contributed by atoms with Crippen LogP contribution < -0.4 is 5.43 Å². The van der Waals surface area contributed by atoms with E-state index < -0.39 is 0 Å². The van der Waals surface area contributed by atoms with Crippen molar-refractivity contribution in [2.75, 3.05) is 5.43 Å². The summed E-state index contributed by atoms with van der Waals surface area (Å²) in [4.78, 5) is 8.82. The van der Waals surface area contributed by atoms with Gasteiger partial charge < -0.3 is 0 Å². The summed E-state index contributed by atoms with van der Waals surface area (Å²) in [6.07, 6.45) is 0.883. The van der Waals surface area contributed by atoms with Gasteiger partial charge in [0.25, 0.3) is 0 Å². The molecule has 0 aliphatic rings. The maximum absolute atomic E-state index is 4.45. The van der Waals surface area contributed by atoms with Gasteiger partial charge in [0.05, 0.1) is 5.71 Å². The Bertz CT molecular complexity index is 712. The molecular weight excluding hydrogens is 284 g/mol. The second-order valence-electron chi connectivity index (χ2n) is 6.82. The van der Waals surface area contributed by atoms with Crippen LogP contribution >= 0.6 is 0 Å². The summed E-state index contributed by atoms with van der Waals surface area (Å²) in [6.45, 7) is 12.7. The van der Waals surface area contributed by atoms with Crippen molar-refractivity contribution in [2.24, 2.45) is 5.10 Å². The van der Waals surface area contributed by atoms with E-state index in [0.29, 0.717) is 5.95 Å². The second kappa shape index (κ2) is 6.90. The summed E-state index contributed by atoms with van der Waals surface area (Å²) in [7, 11) is 0. The predicted octanol–water partition coefficient (Wildman–Crippen LogP) is 4.48. The Morgan fingerprint density at radius 1 is 1.17 bits per heavy atom. The SMILES string of the molecule is CCc1cc(C)nc(NN=C(C)c2cccc(C(C)(C)C)c2)n1. The van der Waals surface area contributed by atoms with Crippen LogP contribution in [0.25, 0.3) is 0 Å². The van der Waals surface area contributed by atoms with Crippen LogP contribution in [0.2, 0.25) is 0 Å². The molecule has 4 heteroatoms. The van der Waals surface area contributed by atoms with Crippen LogP contribution in [-0.2, 0) is 11.8 Å². The quantitative estimate of drug-likeness (QED) is 0.669. The molecule has 1 aromatic carbocycles. The predicted molar refractivity (Wildman–Crippen MR) is 97.1 cm³/mol. The van der Waals surface area contributed by atoms with Gasteiger partial charge in [0.1, 0.15) is 0 Å². The van der Waals surface area contributed by atoms with E-state index >= 15 is 0 Å².